The number of carbonyl (C=O) groups excluding carboxylic acids is 1. The summed E-state index contributed by atoms with van der Waals surface area (Å²) in [6.07, 6.45) is -4.43. The third-order valence-corrected chi connectivity index (χ3v) is 5.54. The van der Waals surface area contributed by atoms with E-state index in [1.54, 1.807) is 25.6 Å². The van der Waals surface area contributed by atoms with Crippen LogP contribution in [0, 0.1) is 0 Å². The Balaban J connectivity index is 1.84. The molecule has 1 atom stereocenters. The van der Waals surface area contributed by atoms with E-state index in [0.717, 1.165) is 29.0 Å². The van der Waals surface area contributed by atoms with Crippen molar-refractivity contribution in [2.24, 2.45) is 0 Å². The van der Waals surface area contributed by atoms with Crippen LogP contribution in [0.4, 0.5) is 13.2 Å². The SMILES string of the molecule is COc1ccccc1C(C)N(C)C(=O)c1csc(-c2cccc(C(F)(F)F)c2)n1. The second-order valence-electron chi connectivity index (χ2n) is 6.45. The average Bonchev–Trinajstić information content (AvgIpc) is 3.22. The predicted octanol–water partition coefficient (Wildman–Crippen LogP) is 5.67. The fourth-order valence-electron chi connectivity index (χ4n) is 2.91. The lowest BCUT2D eigenvalue weighted by molar-refractivity contribution is -0.137. The minimum absolute atomic E-state index is 0.187. The van der Waals surface area contributed by atoms with Crippen molar-refractivity contribution in [3.8, 4) is 16.3 Å². The Kier molecular flexibility index (Phi) is 5.93. The molecule has 0 N–H and O–H groups in total. The van der Waals surface area contributed by atoms with Crippen molar-refractivity contribution < 1.29 is 22.7 Å². The molecule has 152 valence electrons. The van der Waals surface area contributed by atoms with Crippen molar-refractivity contribution in [2.75, 3.05) is 14.2 Å². The third-order valence-electron chi connectivity index (χ3n) is 4.65. The topological polar surface area (TPSA) is 42.4 Å². The Morgan fingerprint density at radius 3 is 2.59 bits per heavy atom. The van der Waals surface area contributed by atoms with Gasteiger partial charge < -0.3 is 9.64 Å². The zero-order valence-electron chi connectivity index (χ0n) is 16.0. The molecule has 3 aromatic rings. The molecule has 3 rings (SSSR count). The van der Waals surface area contributed by atoms with Crippen LogP contribution in [-0.2, 0) is 6.18 Å². The third kappa shape index (κ3) is 4.42. The molecule has 8 heteroatoms. The van der Waals surface area contributed by atoms with Gasteiger partial charge in [0, 0.05) is 23.6 Å². The van der Waals surface area contributed by atoms with Crippen LogP contribution in [0.3, 0.4) is 0 Å². The van der Waals surface area contributed by atoms with E-state index in [4.69, 9.17) is 4.74 Å². The van der Waals surface area contributed by atoms with Crippen LogP contribution in [0.5, 0.6) is 5.75 Å². The normalized spacial score (nSPS) is 12.5. The highest BCUT2D eigenvalue weighted by molar-refractivity contribution is 7.13. The first-order valence-electron chi connectivity index (χ1n) is 8.75. The number of thiazole rings is 1. The van der Waals surface area contributed by atoms with Crippen LogP contribution in [0.15, 0.2) is 53.9 Å². The van der Waals surface area contributed by atoms with Crippen molar-refractivity contribution in [3.05, 3.63) is 70.7 Å². The molecule has 0 saturated carbocycles. The number of hydrogen-bond acceptors (Lipinski definition) is 4. The van der Waals surface area contributed by atoms with E-state index >= 15 is 0 Å². The zero-order chi connectivity index (χ0) is 21.2. The van der Waals surface area contributed by atoms with Crippen molar-refractivity contribution in [2.45, 2.75) is 19.1 Å². The summed E-state index contributed by atoms with van der Waals surface area (Å²) in [6, 6.07) is 12.0. The van der Waals surface area contributed by atoms with E-state index in [-0.39, 0.29) is 17.6 Å². The van der Waals surface area contributed by atoms with Crippen LogP contribution in [0.1, 0.15) is 34.6 Å². The highest BCUT2D eigenvalue weighted by Gasteiger charge is 2.31. The number of benzene rings is 2. The molecule has 29 heavy (non-hydrogen) atoms. The number of carbonyl (C=O) groups is 1. The van der Waals surface area contributed by atoms with Gasteiger partial charge in [0.25, 0.3) is 5.91 Å². The summed E-state index contributed by atoms with van der Waals surface area (Å²) in [6.45, 7) is 1.87. The molecule has 0 aliphatic carbocycles. The Labute approximate surface area is 170 Å². The number of amides is 1. The van der Waals surface area contributed by atoms with Crippen LogP contribution in [-0.4, -0.2) is 29.9 Å². The Morgan fingerprint density at radius 1 is 1.17 bits per heavy atom. The summed E-state index contributed by atoms with van der Waals surface area (Å²) in [5.74, 6) is 0.348. The lowest BCUT2D eigenvalue weighted by Gasteiger charge is -2.26. The van der Waals surface area contributed by atoms with Gasteiger partial charge in [-0.25, -0.2) is 4.98 Å². The molecule has 0 fully saturated rings. The number of nitrogens with zero attached hydrogens (tertiary/aromatic N) is 2. The second-order valence-corrected chi connectivity index (χ2v) is 7.31. The minimum Gasteiger partial charge on any atom is -0.496 e. The lowest BCUT2D eigenvalue weighted by Crippen LogP contribution is -2.30. The molecule has 0 aliphatic heterocycles. The highest BCUT2D eigenvalue weighted by atomic mass is 32.1. The van der Waals surface area contributed by atoms with Gasteiger partial charge in [-0.2, -0.15) is 13.2 Å². The quantitative estimate of drug-likeness (QED) is 0.534. The summed E-state index contributed by atoms with van der Waals surface area (Å²) < 4.78 is 44.2. The van der Waals surface area contributed by atoms with E-state index in [1.807, 2.05) is 31.2 Å². The first-order valence-corrected chi connectivity index (χ1v) is 9.63. The first-order chi connectivity index (χ1) is 13.7. The maximum Gasteiger partial charge on any atom is 0.416 e. The van der Waals surface area contributed by atoms with Crippen molar-refractivity contribution >= 4 is 17.2 Å². The van der Waals surface area contributed by atoms with Gasteiger partial charge in [-0.1, -0.05) is 30.3 Å². The number of halogens is 3. The van der Waals surface area contributed by atoms with Crippen LogP contribution in [0.25, 0.3) is 10.6 Å². The fraction of sp³-hybridized carbons (Fsp3) is 0.238. The Hall–Kier alpha value is -2.87. The molecule has 1 heterocycles. The van der Waals surface area contributed by atoms with Crippen molar-refractivity contribution in [1.82, 2.24) is 9.88 Å². The van der Waals surface area contributed by atoms with Crippen molar-refractivity contribution in [3.63, 3.8) is 0 Å². The number of rotatable bonds is 5. The van der Waals surface area contributed by atoms with Gasteiger partial charge in [-0.05, 0) is 25.1 Å². The van der Waals surface area contributed by atoms with E-state index in [9.17, 15) is 18.0 Å². The Morgan fingerprint density at radius 2 is 1.90 bits per heavy atom. The number of para-hydroxylation sites is 1. The molecular formula is C21H19F3N2O2S. The number of aromatic nitrogens is 1. The standard InChI is InChI=1S/C21H19F3N2O2S/c1-13(16-9-4-5-10-18(16)28-3)26(2)20(27)17-12-29-19(25-17)14-7-6-8-15(11-14)21(22,23)24/h4-13H,1-3H3. The van der Waals surface area contributed by atoms with Gasteiger partial charge in [0.15, 0.2) is 0 Å². The summed E-state index contributed by atoms with van der Waals surface area (Å²) in [4.78, 5) is 18.7. The number of methoxy groups -OCH3 is 1. The monoisotopic (exact) mass is 420 g/mol. The molecule has 1 aromatic heterocycles. The lowest BCUT2D eigenvalue weighted by atomic mass is 10.1. The largest absolute Gasteiger partial charge is 0.496 e. The summed E-state index contributed by atoms with van der Waals surface area (Å²) in [7, 11) is 3.22. The van der Waals surface area contributed by atoms with E-state index < -0.39 is 11.7 Å². The fourth-order valence-corrected chi connectivity index (χ4v) is 3.70. The zero-order valence-corrected chi connectivity index (χ0v) is 16.8. The molecule has 0 radical (unpaired) electrons. The molecule has 1 unspecified atom stereocenters. The maximum atomic E-state index is 12.9. The van der Waals surface area contributed by atoms with E-state index in [0.29, 0.717) is 16.3 Å². The van der Waals surface area contributed by atoms with Gasteiger partial charge >= 0.3 is 6.18 Å². The molecule has 4 nitrogen and oxygen atoms in total. The van der Waals surface area contributed by atoms with Crippen LogP contribution in [0.2, 0.25) is 0 Å². The van der Waals surface area contributed by atoms with Gasteiger partial charge in [-0.3, -0.25) is 4.79 Å². The smallest absolute Gasteiger partial charge is 0.416 e. The summed E-state index contributed by atoms with van der Waals surface area (Å²) in [5.41, 5.74) is 0.607. The number of alkyl halides is 3. The molecule has 0 saturated heterocycles. The average molecular weight is 420 g/mol. The molecule has 2 aromatic carbocycles. The summed E-state index contributed by atoms with van der Waals surface area (Å²) >= 11 is 1.13. The number of ether oxygens (including phenoxy) is 1. The Bertz CT molecular complexity index is 1020. The molecular weight excluding hydrogens is 401 g/mol. The number of hydrogen-bond donors (Lipinski definition) is 0. The van der Waals surface area contributed by atoms with Crippen molar-refractivity contribution in [1.29, 1.82) is 0 Å². The molecule has 0 aliphatic rings. The first kappa shape index (κ1) is 20.9. The highest BCUT2D eigenvalue weighted by Crippen LogP contribution is 2.34. The van der Waals surface area contributed by atoms with Crippen LogP contribution < -0.4 is 4.74 Å². The van der Waals surface area contributed by atoms with E-state index in [2.05, 4.69) is 4.98 Å². The summed E-state index contributed by atoms with van der Waals surface area (Å²) in [5, 5.41) is 1.92. The molecule has 1 amide bonds. The minimum atomic E-state index is -4.43. The maximum absolute atomic E-state index is 12.9. The van der Waals surface area contributed by atoms with E-state index in [1.165, 1.54) is 11.0 Å². The van der Waals surface area contributed by atoms with Gasteiger partial charge in [-0.15, -0.1) is 11.3 Å². The molecule has 0 spiro atoms. The van der Waals surface area contributed by atoms with Gasteiger partial charge in [0.2, 0.25) is 0 Å². The van der Waals surface area contributed by atoms with Gasteiger partial charge in [0.05, 0.1) is 18.7 Å². The second kappa shape index (κ2) is 8.24. The molecule has 0 bridgehead atoms. The predicted molar refractivity (Wildman–Crippen MR) is 106 cm³/mol. The van der Waals surface area contributed by atoms with Gasteiger partial charge in [0.1, 0.15) is 16.5 Å². The van der Waals surface area contributed by atoms with Crippen LogP contribution >= 0.6 is 11.3 Å².